The summed E-state index contributed by atoms with van der Waals surface area (Å²) < 4.78 is 2.45. The molecule has 7 heteroatoms. The molecule has 0 unspecified atom stereocenters. The molecule has 134 valence electrons. The van der Waals surface area contributed by atoms with Crippen molar-refractivity contribution >= 4 is 49.1 Å². The van der Waals surface area contributed by atoms with Crippen molar-refractivity contribution in [1.29, 1.82) is 0 Å². The van der Waals surface area contributed by atoms with Crippen LogP contribution >= 0.6 is 27.3 Å². The summed E-state index contributed by atoms with van der Waals surface area (Å²) in [5, 5.41) is 0.540. The number of thiophene rings is 1. The van der Waals surface area contributed by atoms with E-state index in [-0.39, 0.29) is 16.9 Å². The smallest absolute Gasteiger partial charge is 0.268 e. The number of aromatic nitrogens is 2. The van der Waals surface area contributed by atoms with Gasteiger partial charge in [-0.05, 0) is 36.2 Å². The lowest BCUT2D eigenvalue weighted by molar-refractivity contribution is 0.0989. The highest BCUT2D eigenvalue weighted by atomic mass is 79.9. The van der Waals surface area contributed by atoms with Crippen LogP contribution < -0.4 is 10.5 Å². The maximum Gasteiger partial charge on any atom is 0.268 e. The molecule has 3 aromatic rings. The summed E-state index contributed by atoms with van der Waals surface area (Å²) in [6, 6.07) is 6.01. The summed E-state index contributed by atoms with van der Waals surface area (Å²) in [6.07, 6.45) is 1.50. The number of amides is 1. The predicted molar refractivity (Wildman–Crippen MR) is 108 cm³/mol. The normalized spacial score (nSPS) is 15.5. The highest BCUT2D eigenvalue weighted by molar-refractivity contribution is 9.10. The van der Waals surface area contributed by atoms with Gasteiger partial charge < -0.3 is 9.47 Å². The molecule has 4 rings (SSSR count). The minimum Gasteiger partial charge on any atom is -0.306 e. The molecule has 1 aromatic carbocycles. The molecule has 26 heavy (non-hydrogen) atoms. The van der Waals surface area contributed by atoms with Crippen molar-refractivity contribution in [3.05, 3.63) is 55.4 Å². The Labute approximate surface area is 163 Å². The van der Waals surface area contributed by atoms with Crippen LogP contribution in [0.15, 0.2) is 33.8 Å². The zero-order valence-corrected chi connectivity index (χ0v) is 17.4. The van der Waals surface area contributed by atoms with Crippen molar-refractivity contribution in [3.8, 4) is 0 Å². The quantitative estimate of drug-likeness (QED) is 0.584. The van der Waals surface area contributed by atoms with Crippen molar-refractivity contribution in [1.82, 2.24) is 9.55 Å². The number of aryl methyl sites for hydroxylation is 2. The Balaban J connectivity index is 1.86. The van der Waals surface area contributed by atoms with Crippen LogP contribution in [0.5, 0.6) is 0 Å². The van der Waals surface area contributed by atoms with Gasteiger partial charge in [0, 0.05) is 29.2 Å². The van der Waals surface area contributed by atoms with Gasteiger partial charge in [0.05, 0.1) is 16.6 Å². The Kier molecular flexibility index (Phi) is 3.86. The molecule has 0 radical (unpaired) electrons. The monoisotopic (exact) mass is 431 g/mol. The van der Waals surface area contributed by atoms with E-state index in [0.717, 1.165) is 15.7 Å². The van der Waals surface area contributed by atoms with Crippen LogP contribution in [0.1, 0.15) is 34.6 Å². The van der Waals surface area contributed by atoms with Crippen LogP contribution in [-0.2, 0) is 12.5 Å². The summed E-state index contributed by atoms with van der Waals surface area (Å²) in [4.78, 5) is 33.1. The third-order valence-electron chi connectivity index (χ3n) is 4.98. The third-order valence-corrected chi connectivity index (χ3v) is 6.66. The molecule has 0 saturated carbocycles. The average molecular weight is 432 g/mol. The fourth-order valence-corrected chi connectivity index (χ4v) is 5.02. The molecular weight excluding hydrogens is 414 g/mol. The van der Waals surface area contributed by atoms with Crippen LogP contribution in [0, 0.1) is 6.92 Å². The van der Waals surface area contributed by atoms with Crippen molar-refractivity contribution < 1.29 is 4.79 Å². The molecule has 1 aliphatic heterocycles. The summed E-state index contributed by atoms with van der Waals surface area (Å²) in [6.45, 7) is 6.72. The van der Waals surface area contributed by atoms with Crippen LogP contribution in [0.25, 0.3) is 10.2 Å². The van der Waals surface area contributed by atoms with Crippen LogP contribution in [-0.4, -0.2) is 22.0 Å². The second-order valence-electron chi connectivity index (χ2n) is 7.33. The summed E-state index contributed by atoms with van der Waals surface area (Å²) >= 11 is 4.82. The minimum atomic E-state index is -0.131. The molecular formula is C19H18BrN3O2S. The van der Waals surface area contributed by atoms with E-state index in [1.54, 1.807) is 7.05 Å². The Morgan fingerprint density at radius 3 is 2.81 bits per heavy atom. The van der Waals surface area contributed by atoms with E-state index in [2.05, 4.69) is 40.8 Å². The van der Waals surface area contributed by atoms with Gasteiger partial charge in [0.1, 0.15) is 4.83 Å². The van der Waals surface area contributed by atoms with Crippen LogP contribution in [0.2, 0.25) is 0 Å². The first-order chi connectivity index (χ1) is 12.2. The molecule has 0 fully saturated rings. The first kappa shape index (κ1) is 17.4. The molecule has 0 N–H and O–H groups in total. The van der Waals surface area contributed by atoms with E-state index in [1.807, 2.05) is 24.0 Å². The molecule has 0 spiro atoms. The van der Waals surface area contributed by atoms with E-state index in [0.29, 0.717) is 27.2 Å². The zero-order valence-electron chi connectivity index (χ0n) is 15.0. The Hall–Kier alpha value is -1.99. The van der Waals surface area contributed by atoms with Gasteiger partial charge in [-0.15, -0.1) is 11.3 Å². The lowest BCUT2D eigenvalue weighted by Crippen LogP contribution is -2.33. The van der Waals surface area contributed by atoms with E-state index >= 15 is 0 Å². The molecule has 1 aliphatic rings. The maximum atomic E-state index is 13.4. The van der Waals surface area contributed by atoms with Gasteiger partial charge in [-0.1, -0.05) is 29.8 Å². The number of hydrogen-bond acceptors (Lipinski definition) is 4. The zero-order chi connectivity index (χ0) is 18.8. The van der Waals surface area contributed by atoms with E-state index < -0.39 is 0 Å². The Morgan fingerprint density at radius 1 is 1.35 bits per heavy atom. The molecule has 2 aromatic heterocycles. The molecule has 1 amide bonds. The second kappa shape index (κ2) is 5.76. The maximum absolute atomic E-state index is 13.4. The van der Waals surface area contributed by atoms with Gasteiger partial charge >= 0.3 is 0 Å². The number of anilines is 1. The summed E-state index contributed by atoms with van der Waals surface area (Å²) in [5.41, 5.74) is 2.54. The van der Waals surface area contributed by atoms with Crippen molar-refractivity contribution in [2.24, 2.45) is 7.05 Å². The fraction of sp³-hybridized carbons (Fsp3) is 0.316. The Morgan fingerprint density at radius 2 is 2.08 bits per heavy atom. The highest BCUT2D eigenvalue weighted by Gasteiger charge is 2.39. The highest BCUT2D eigenvalue weighted by Crippen LogP contribution is 2.43. The first-order valence-electron chi connectivity index (χ1n) is 8.27. The number of rotatable bonds is 1. The number of carbonyl (C=O) groups excluding carboxylic acids is 1. The van der Waals surface area contributed by atoms with Gasteiger partial charge in [0.15, 0.2) is 0 Å². The molecule has 0 bridgehead atoms. The number of carbonyl (C=O) groups is 1. The van der Waals surface area contributed by atoms with Crippen LogP contribution in [0.4, 0.5) is 5.69 Å². The molecule has 0 saturated heterocycles. The molecule has 0 atom stereocenters. The lowest BCUT2D eigenvalue weighted by atomic mass is 9.87. The summed E-state index contributed by atoms with van der Waals surface area (Å²) in [5.74, 6) is -0.0679. The predicted octanol–water partition coefficient (Wildman–Crippen LogP) is 4.00. The largest absolute Gasteiger partial charge is 0.306 e. The van der Waals surface area contributed by atoms with E-state index in [4.69, 9.17) is 0 Å². The summed E-state index contributed by atoms with van der Waals surface area (Å²) in [7, 11) is 1.67. The van der Waals surface area contributed by atoms with E-state index in [1.165, 1.54) is 22.2 Å². The molecule has 5 nitrogen and oxygen atoms in total. The van der Waals surface area contributed by atoms with Gasteiger partial charge in [-0.25, -0.2) is 4.98 Å². The van der Waals surface area contributed by atoms with Gasteiger partial charge in [0.2, 0.25) is 0 Å². The Bertz CT molecular complexity index is 1130. The van der Waals surface area contributed by atoms with E-state index in [9.17, 15) is 9.59 Å². The number of nitrogens with zero attached hydrogens (tertiary/aromatic N) is 3. The number of hydrogen-bond donors (Lipinski definition) is 0. The van der Waals surface area contributed by atoms with Crippen molar-refractivity contribution in [2.75, 3.05) is 11.4 Å². The number of halogens is 1. The van der Waals surface area contributed by atoms with Crippen molar-refractivity contribution in [2.45, 2.75) is 26.2 Å². The number of benzene rings is 1. The third kappa shape index (κ3) is 2.45. The lowest BCUT2D eigenvalue weighted by Gasteiger charge is -2.20. The van der Waals surface area contributed by atoms with Gasteiger partial charge in [0.25, 0.3) is 11.5 Å². The van der Waals surface area contributed by atoms with Crippen LogP contribution in [0.3, 0.4) is 0 Å². The molecule has 3 heterocycles. The topological polar surface area (TPSA) is 55.2 Å². The first-order valence-corrected chi connectivity index (χ1v) is 9.88. The standard InChI is InChI=1S/C19H18BrN3O2S/c1-10-14-16(21-9-22(4)17(14)24)26-15(10)18(25)23-8-19(2,3)12-7-11(20)5-6-13(12)23/h5-7,9H,8H2,1-4H3. The minimum absolute atomic E-state index is 0.0679. The average Bonchev–Trinajstić information content (AvgIpc) is 3.06. The SMILES string of the molecule is Cc1c(C(=O)N2CC(C)(C)c3cc(Br)ccc32)sc2ncn(C)c(=O)c12. The van der Waals surface area contributed by atoms with Gasteiger partial charge in [-0.3, -0.25) is 9.59 Å². The number of fused-ring (bicyclic) bond motifs is 2. The van der Waals surface area contributed by atoms with Crippen molar-refractivity contribution in [3.63, 3.8) is 0 Å². The molecule has 0 aliphatic carbocycles. The van der Waals surface area contributed by atoms with Gasteiger partial charge in [-0.2, -0.15) is 0 Å². The fourth-order valence-electron chi connectivity index (χ4n) is 3.57. The second-order valence-corrected chi connectivity index (χ2v) is 9.25.